The fourth-order valence-electron chi connectivity index (χ4n) is 3.79. The van der Waals surface area contributed by atoms with Gasteiger partial charge >= 0.3 is 0 Å². The molecule has 0 bridgehead atoms. The highest BCUT2D eigenvalue weighted by atomic mass is 35.5. The zero-order valence-corrected chi connectivity index (χ0v) is 14.7. The first kappa shape index (κ1) is 17.8. The van der Waals surface area contributed by atoms with E-state index in [-0.39, 0.29) is 29.4 Å². The van der Waals surface area contributed by atoms with Crippen LogP contribution in [0.1, 0.15) is 29.6 Å². The lowest BCUT2D eigenvalue weighted by molar-refractivity contribution is 0.0606. The molecule has 0 atom stereocenters. The number of carbonyl (C=O) groups excluding carboxylic acids is 1. The van der Waals surface area contributed by atoms with Gasteiger partial charge in [-0.1, -0.05) is 0 Å². The van der Waals surface area contributed by atoms with Gasteiger partial charge in [0.1, 0.15) is 11.3 Å². The zero-order valence-electron chi connectivity index (χ0n) is 13.9. The number of hydrogen-bond donors (Lipinski definition) is 2. The van der Waals surface area contributed by atoms with Crippen molar-refractivity contribution in [2.45, 2.75) is 19.3 Å². The largest absolute Gasteiger partial charge is 0.463 e. The second kappa shape index (κ2) is 7.06. The second-order valence-electron chi connectivity index (χ2n) is 6.81. The number of pyridine rings is 1. The van der Waals surface area contributed by atoms with Gasteiger partial charge in [-0.3, -0.25) is 9.59 Å². The third-order valence-electron chi connectivity index (χ3n) is 5.37. The van der Waals surface area contributed by atoms with Gasteiger partial charge in [0.15, 0.2) is 0 Å². The molecule has 2 N–H and O–H groups in total. The van der Waals surface area contributed by atoms with E-state index >= 15 is 0 Å². The summed E-state index contributed by atoms with van der Waals surface area (Å²) in [6.45, 7) is 3.56. The van der Waals surface area contributed by atoms with Crippen LogP contribution >= 0.6 is 12.4 Å². The Morgan fingerprint density at radius 1 is 1.16 bits per heavy atom. The SMILES string of the molecule is Cl.O=C(c1ccc(-c2ccco2)[nH]c1=O)N1CCC2(CCNC2)CC1. The zero-order chi connectivity index (χ0) is 16.6. The standard InChI is InChI=1S/C18H21N3O3.ClH/c22-16-13(3-4-14(20-16)15-2-1-11-24-15)17(23)21-9-6-18(7-10-21)5-8-19-12-18;/h1-4,11,19H,5-10,12H2,(H,20,22);1H. The molecule has 134 valence electrons. The van der Waals surface area contributed by atoms with Crippen LogP contribution in [-0.4, -0.2) is 42.0 Å². The highest BCUT2D eigenvalue weighted by Gasteiger charge is 2.38. The molecule has 0 saturated carbocycles. The number of aromatic amines is 1. The van der Waals surface area contributed by atoms with Crippen molar-refractivity contribution in [3.8, 4) is 11.5 Å². The minimum Gasteiger partial charge on any atom is -0.463 e. The number of piperidine rings is 1. The van der Waals surface area contributed by atoms with Crippen molar-refractivity contribution in [1.82, 2.24) is 15.2 Å². The van der Waals surface area contributed by atoms with Crippen LogP contribution in [0.2, 0.25) is 0 Å². The molecule has 0 aliphatic carbocycles. The molecule has 7 heteroatoms. The predicted octanol–water partition coefficient (Wildman–Crippen LogP) is 2.27. The Morgan fingerprint density at radius 2 is 1.96 bits per heavy atom. The van der Waals surface area contributed by atoms with E-state index in [9.17, 15) is 9.59 Å². The van der Waals surface area contributed by atoms with Gasteiger partial charge in [-0.05, 0) is 55.5 Å². The van der Waals surface area contributed by atoms with Crippen LogP contribution in [0.25, 0.3) is 11.5 Å². The third-order valence-corrected chi connectivity index (χ3v) is 5.37. The second-order valence-corrected chi connectivity index (χ2v) is 6.81. The number of furan rings is 1. The molecule has 1 spiro atoms. The van der Waals surface area contributed by atoms with E-state index in [2.05, 4.69) is 10.3 Å². The molecule has 2 saturated heterocycles. The Morgan fingerprint density at radius 3 is 2.56 bits per heavy atom. The van der Waals surface area contributed by atoms with E-state index in [1.54, 1.807) is 35.4 Å². The first-order valence-electron chi connectivity index (χ1n) is 8.44. The number of hydrogen-bond acceptors (Lipinski definition) is 4. The maximum atomic E-state index is 12.7. The van der Waals surface area contributed by atoms with E-state index in [1.165, 1.54) is 6.42 Å². The van der Waals surface area contributed by atoms with E-state index in [0.717, 1.165) is 39.0 Å². The van der Waals surface area contributed by atoms with Crippen molar-refractivity contribution >= 4 is 18.3 Å². The van der Waals surface area contributed by atoms with Gasteiger partial charge in [-0.15, -0.1) is 12.4 Å². The lowest BCUT2D eigenvalue weighted by Gasteiger charge is -2.38. The monoisotopic (exact) mass is 363 g/mol. The Hall–Kier alpha value is -2.05. The number of aromatic nitrogens is 1. The molecule has 2 aromatic heterocycles. The fraction of sp³-hybridized carbons (Fsp3) is 0.444. The minimum absolute atomic E-state index is 0. The smallest absolute Gasteiger partial charge is 0.261 e. The van der Waals surface area contributed by atoms with Crippen molar-refractivity contribution in [2.75, 3.05) is 26.2 Å². The quantitative estimate of drug-likeness (QED) is 0.858. The van der Waals surface area contributed by atoms with Crippen molar-refractivity contribution in [3.05, 3.63) is 46.4 Å². The number of likely N-dealkylation sites (tertiary alicyclic amines) is 1. The molecule has 2 aliphatic heterocycles. The molecule has 2 aromatic rings. The first-order valence-corrected chi connectivity index (χ1v) is 8.44. The summed E-state index contributed by atoms with van der Waals surface area (Å²) in [5, 5.41) is 3.42. The molecule has 2 aliphatic rings. The van der Waals surface area contributed by atoms with E-state index in [0.29, 0.717) is 16.9 Å². The molecule has 0 radical (unpaired) electrons. The third kappa shape index (κ3) is 3.37. The number of nitrogens with zero attached hydrogens (tertiary/aromatic N) is 1. The van der Waals surface area contributed by atoms with Crippen LogP contribution in [0.15, 0.2) is 39.7 Å². The van der Waals surface area contributed by atoms with Crippen molar-refractivity contribution in [1.29, 1.82) is 0 Å². The van der Waals surface area contributed by atoms with Crippen molar-refractivity contribution < 1.29 is 9.21 Å². The number of amides is 1. The van der Waals surface area contributed by atoms with Gasteiger partial charge < -0.3 is 19.6 Å². The van der Waals surface area contributed by atoms with Crippen molar-refractivity contribution in [3.63, 3.8) is 0 Å². The molecule has 4 rings (SSSR count). The van der Waals surface area contributed by atoms with E-state index < -0.39 is 0 Å². The first-order chi connectivity index (χ1) is 11.7. The summed E-state index contributed by atoms with van der Waals surface area (Å²) >= 11 is 0. The van der Waals surface area contributed by atoms with Gasteiger partial charge in [0.25, 0.3) is 11.5 Å². The highest BCUT2D eigenvalue weighted by Crippen LogP contribution is 2.37. The average Bonchev–Trinajstić information content (AvgIpc) is 3.27. The van der Waals surface area contributed by atoms with E-state index in [4.69, 9.17) is 4.42 Å². The van der Waals surface area contributed by atoms with Gasteiger partial charge in [0.05, 0.1) is 12.0 Å². The molecule has 0 aromatic carbocycles. The number of halogens is 1. The van der Waals surface area contributed by atoms with Crippen LogP contribution in [0.3, 0.4) is 0 Å². The van der Waals surface area contributed by atoms with Crippen LogP contribution in [0.4, 0.5) is 0 Å². The lowest BCUT2D eigenvalue weighted by Crippen LogP contribution is -2.45. The molecule has 25 heavy (non-hydrogen) atoms. The van der Waals surface area contributed by atoms with Crippen LogP contribution in [0, 0.1) is 5.41 Å². The number of rotatable bonds is 2. The summed E-state index contributed by atoms with van der Waals surface area (Å²) in [5.74, 6) is 0.405. The Bertz CT molecular complexity index is 784. The van der Waals surface area contributed by atoms with Crippen LogP contribution in [0.5, 0.6) is 0 Å². The van der Waals surface area contributed by atoms with Crippen LogP contribution in [-0.2, 0) is 0 Å². The lowest BCUT2D eigenvalue weighted by atomic mass is 9.78. The van der Waals surface area contributed by atoms with Crippen LogP contribution < -0.4 is 10.9 Å². The maximum absolute atomic E-state index is 12.7. The molecule has 1 amide bonds. The maximum Gasteiger partial charge on any atom is 0.261 e. The summed E-state index contributed by atoms with van der Waals surface area (Å²) in [6, 6.07) is 6.85. The Kier molecular flexibility index (Phi) is 5.01. The number of carbonyl (C=O) groups is 1. The summed E-state index contributed by atoms with van der Waals surface area (Å²) in [6.07, 6.45) is 4.75. The van der Waals surface area contributed by atoms with Gasteiger partial charge in [-0.2, -0.15) is 0 Å². The van der Waals surface area contributed by atoms with Gasteiger partial charge in [0.2, 0.25) is 0 Å². The Balaban J connectivity index is 0.00000182. The van der Waals surface area contributed by atoms with Gasteiger partial charge in [0, 0.05) is 19.6 Å². The molecular formula is C18H22ClN3O3. The summed E-state index contributed by atoms with van der Waals surface area (Å²) in [7, 11) is 0. The molecular weight excluding hydrogens is 342 g/mol. The fourth-order valence-corrected chi connectivity index (χ4v) is 3.79. The predicted molar refractivity (Wildman–Crippen MR) is 97.1 cm³/mol. The summed E-state index contributed by atoms with van der Waals surface area (Å²) < 4.78 is 5.27. The topological polar surface area (TPSA) is 78.3 Å². The normalized spacial score (nSPS) is 19.0. The summed E-state index contributed by atoms with van der Waals surface area (Å²) in [5.41, 5.74) is 0.769. The summed E-state index contributed by atoms with van der Waals surface area (Å²) in [4.78, 5) is 29.5. The van der Waals surface area contributed by atoms with Crippen molar-refractivity contribution in [2.24, 2.45) is 5.41 Å². The molecule has 4 heterocycles. The average molecular weight is 364 g/mol. The number of H-pyrrole nitrogens is 1. The molecule has 0 unspecified atom stereocenters. The Labute approximate surface area is 152 Å². The van der Waals surface area contributed by atoms with Gasteiger partial charge in [-0.25, -0.2) is 0 Å². The number of nitrogens with one attached hydrogen (secondary N) is 2. The molecule has 6 nitrogen and oxygen atoms in total. The minimum atomic E-state index is -0.364. The highest BCUT2D eigenvalue weighted by molar-refractivity contribution is 5.94. The molecule has 2 fully saturated rings. The van der Waals surface area contributed by atoms with E-state index in [1.807, 2.05) is 0 Å².